The topological polar surface area (TPSA) is 30.5 Å². The second-order valence-electron chi connectivity index (χ2n) is 3.15. The van der Waals surface area contributed by atoms with E-state index in [4.69, 9.17) is 21.1 Å². The van der Waals surface area contributed by atoms with E-state index in [0.29, 0.717) is 16.5 Å². The van der Waals surface area contributed by atoms with Crippen molar-refractivity contribution in [1.29, 1.82) is 0 Å². The number of hydrogen-bond acceptors (Lipinski definition) is 3. The fourth-order valence-electron chi connectivity index (χ4n) is 1.35. The Morgan fingerprint density at radius 2 is 1.80 bits per heavy atom. The minimum absolute atomic E-state index is 0.663. The van der Waals surface area contributed by atoms with Crippen molar-refractivity contribution >= 4 is 11.6 Å². The summed E-state index contributed by atoms with van der Waals surface area (Å²) in [5.41, 5.74) is 1.06. The number of likely N-dealkylation sites (N-methyl/N-ethyl adjacent to an activating group) is 1. The molecule has 0 aliphatic carbocycles. The molecule has 0 bridgehead atoms. The Morgan fingerprint density at radius 3 is 2.33 bits per heavy atom. The van der Waals surface area contributed by atoms with Gasteiger partial charge in [-0.3, -0.25) is 0 Å². The van der Waals surface area contributed by atoms with E-state index in [1.165, 1.54) is 0 Å². The molecule has 0 fully saturated rings. The summed E-state index contributed by atoms with van der Waals surface area (Å²) in [6.45, 7) is 0.884. The SMILES string of the molecule is CNCCc1cc(OC)c(OC)cc1Cl. The van der Waals surface area contributed by atoms with Crippen LogP contribution in [-0.4, -0.2) is 27.8 Å². The van der Waals surface area contributed by atoms with E-state index >= 15 is 0 Å². The van der Waals surface area contributed by atoms with E-state index in [-0.39, 0.29) is 0 Å². The molecule has 0 aromatic heterocycles. The number of halogens is 1. The van der Waals surface area contributed by atoms with Crippen molar-refractivity contribution in [2.45, 2.75) is 6.42 Å². The molecule has 15 heavy (non-hydrogen) atoms. The van der Waals surface area contributed by atoms with Crippen LogP contribution in [0.25, 0.3) is 0 Å². The predicted molar refractivity (Wildman–Crippen MR) is 62.2 cm³/mol. The van der Waals surface area contributed by atoms with Crippen LogP contribution in [-0.2, 0) is 6.42 Å². The molecule has 0 amide bonds. The smallest absolute Gasteiger partial charge is 0.162 e. The van der Waals surface area contributed by atoms with Gasteiger partial charge in [0.15, 0.2) is 11.5 Å². The number of benzene rings is 1. The summed E-state index contributed by atoms with van der Waals surface area (Å²) >= 11 is 6.11. The zero-order valence-electron chi connectivity index (χ0n) is 9.26. The lowest BCUT2D eigenvalue weighted by Crippen LogP contribution is -2.10. The van der Waals surface area contributed by atoms with Crippen LogP contribution in [0.15, 0.2) is 12.1 Å². The lowest BCUT2D eigenvalue weighted by atomic mass is 10.1. The van der Waals surface area contributed by atoms with Crippen molar-refractivity contribution in [3.63, 3.8) is 0 Å². The highest BCUT2D eigenvalue weighted by Crippen LogP contribution is 2.33. The summed E-state index contributed by atoms with van der Waals surface area (Å²) < 4.78 is 10.4. The Labute approximate surface area is 95.3 Å². The number of nitrogens with one attached hydrogen (secondary N) is 1. The van der Waals surface area contributed by atoms with Gasteiger partial charge >= 0.3 is 0 Å². The zero-order chi connectivity index (χ0) is 11.3. The number of rotatable bonds is 5. The van der Waals surface area contributed by atoms with Crippen LogP contribution in [0.5, 0.6) is 11.5 Å². The highest BCUT2D eigenvalue weighted by atomic mass is 35.5. The summed E-state index contributed by atoms with van der Waals surface area (Å²) in [4.78, 5) is 0. The van der Waals surface area contributed by atoms with Gasteiger partial charge in [0, 0.05) is 11.1 Å². The molecule has 0 aliphatic rings. The second kappa shape index (κ2) is 5.83. The maximum absolute atomic E-state index is 6.11. The first-order valence-electron chi connectivity index (χ1n) is 4.78. The maximum atomic E-state index is 6.11. The van der Waals surface area contributed by atoms with Crippen LogP contribution in [0, 0.1) is 0 Å². The van der Waals surface area contributed by atoms with Crippen molar-refractivity contribution in [2.75, 3.05) is 27.8 Å². The van der Waals surface area contributed by atoms with Crippen LogP contribution in [0.3, 0.4) is 0 Å². The molecule has 0 aliphatic heterocycles. The zero-order valence-corrected chi connectivity index (χ0v) is 10.0. The average molecular weight is 230 g/mol. The van der Waals surface area contributed by atoms with Crippen LogP contribution in [0.1, 0.15) is 5.56 Å². The minimum atomic E-state index is 0.663. The molecule has 0 atom stereocenters. The molecule has 1 aromatic carbocycles. The fraction of sp³-hybridized carbons (Fsp3) is 0.455. The number of ether oxygens (including phenoxy) is 2. The molecule has 0 unspecified atom stereocenters. The van der Waals surface area contributed by atoms with Gasteiger partial charge in [0.1, 0.15) is 0 Å². The van der Waals surface area contributed by atoms with Crippen LogP contribution >= 0.6 is 11.6 Å². The van der Waals surface area contributed by atoms with Gasteiger partial charge in [-0.1, -0.05) is 11.6 Å². The molecular weight excluding hydrogens is 214 g/mol. The summed E-state index contributed by atoms with van der Waals surface area (Å²) in [6.07, 6.45) is 0.871. The summed E-state index contributed by atoms with van der Waals surface area (Å²) in [5.74, 6) is 1.38. The van der Waals surface area contributed by atoms with Crippen molar-refractivity contribution in [3.05, 3.63) is 22.7 Å². The molecule has 4 heteroatoms. The van der Waals surface area contributed by atoms with Crippen molar-refractivity contribution < 1.29 is 9.47 Å². The van der Waals surface area contributed by atoms with Crippen LogP contribution in [0.2, 0.25) is 5.02 Å². The molecule has 1 N–H and O–H groups in total. The third-order valence-corrected chi connectivity index (χ3v) is 2.55. The van der Waals surface area contributed by atoms with E-state index < -0.39 is 0 Å². The second-order valence-corrected chi connectivity index (χ2v) is 3.56. The number of hydrogen-bond donors (Lipinski definition) is 1. The first kappa shape index (κ1) is 12.1. The number of methoxy groups -OCH3 is 2. The van der Waals surface area contributed by atoms with Gasteiger partial charge in [0.25, 0.3) is 0 Å². The van der Waals surface area contributed by atoms with Gasteiger partial charge in [0.2, 0.25) is 0 Å². The Kier molecular flexibility index (Phi) is 4.72. The van der Waals surface area contributed by atoms with Gasteiger partial charge in [-0.25, -0.2) is 0 Å². The minimum Gasteiger partial charge on any atom is -0.493 e. The average Bonchev–Trinajstić information content (AvgIpc) is 2.27. The standard InChI is InChI=1S/C11H16ClNO2/c1-13-5-4-8-6-10(14-2)11(15-3)7-9(8)12/h6-7,13H,4-5H2,1-3H3. The molecule has 3 nitrogen and oxygen atoms in total. The highest BCUT2D eigenvalue weighted by Gasteiger charge is 2.09. The van der Waals surface area contributed by atoms with Gasteiger partial charge in [-0.15, -0.1) is 0 Å². The Hall–Kier alpha value is -0.930. The van der Waals surface area contributed by atoms with Crippen molar-refractivity contribution in [3.8, 4) is 11.5 Å². The van der Waals surface area contributed by atoms with E-state index in [2.05, 4.69) is 5.32 Å². The van der Waals surface area contributed by atoms with E-state index in [0.717, 1.165) is 18.5 Å². The van der Waals surface area contributed by atoms with Crippen LogP contribution < -0.4 is 14.8 Å². The maximum Gasteiger partial charge on any atom is 0.162 e. The molecule has 0 radical (unpaired) electrons. The fourth-order valence-corrected chi connectivity index (χ4v) is 1.60. The predicted octanol–water partition coefficient (Wildman–Crippen LogP) is 2.12. The summed E-state index contributed by atoms with van der Waals surface area (Å²) in [7, 11) is 5.13. The van der Waals surface area contributed by atoms with Gasteiger partial charge in [0.05, 0.1) is 14.2 Å². The summed E-state index contributed by atoms with van der Waals surface area (Å²) in [5, 5.41) is 3.79. The summed E-state index contributed by atoms with van der Waals surface area (Å²) in [6, 6.07) is 3.70. The quantitative estimate of drug-likeness (QED) is 0.839. The molecular formula is C11H16ClNO2. The van der Waals surface area contributed by atoms with Crippen LogP contribution in [0.4, 0.5) is 0 Å². The van der Waals surface area contributed by atoms with E-state index in [1.807, 2.05) is 13.1 Å². The Bertz CT molecular complexity index is 329. The third-order valence-electron chi connectivity index (χ3n) is 2.20. The van der Waals surface area contributed by atoms with Gasteiger partial charge in [-0.2, -0.15) is 0 Å². The normalized spacial score (nSPS) is 10.1. The Morgan fingerprint density at radius 1 is 1.20 bits per heavy atom. The lowest BCUT2D eigenvalue weighted by Gasteiger charge is -2.11. The highest BCUT2D eigenvalue weighted by molar-refractivity contribution is 6.31. The molecule has 84 valence electrons. The van der Waals surface area contributed by atoms with Crippen molar-refractivity contribution in [1.82, 2.24) is 5.32 Å². The molecule has 0 saturated carbocycles. The monoisotopic (exact) mass is 229 g/mol. The van der Waals surface area contributed by atoms with Gasteiger partial charge in [-0.05, 0) is 31.6 Å². The van der Waals surface area contributed by atoms with E-state index in [9.17, 15) is 0 Å². The molecule has 0 saturated heterocycles. The first-order valence-corrected chi connectivity index (χ1v) is 5.15. The van der Waals surface area contributed by atoms with Gasteiger partial charge < -0.3 is 14.8 Å². The van der Waals surface area contributed by atoms with Crippen molar-refractivity contribution in [2.24, 2.45) is 0 Å². The largest absolute Gasteiger partial charge is 0.493 e. The van der Waals surface area contributed by atoms with E-state index in [1.54, 1.807) is 20.3 Å². The molecule has 0 spiro atoms. The third kappa shape index (κ3) is 3.01. The lowest BCUT2D eigenvalue weighted by molar-refractivity contribution is 0.354. The molecule has 1 rings (SSSR count). The molecule has 1 aromatic rings. The first-order chi connectivity index (χ1) is 7.22. The Balaban J connectivity index is 2.97. The molecule has 0 heterocycles.